The normalized spacial score (nSPS) is 11.5. The van der Waals surface area contributed by atoms with E-state index in [-0.39, 0.29) is 22.2 Å². The Labute approximate surface area is 170 Å². The van der Waals surface area contributed by atoms with E-state index in [0.29, 0.717) is 17.4 Å². The van der Waals surface area contributed by atoms with Gasteiger partial charge in [-0.25, -0.2) is 8.42 Å². The summed E-state index contributed by atoms with van der Waals surface area (Å²) in [5, 5.41) is 0.589. The molecule has 0 atom stereocenters. The standard InChI is InChI=1S/C22H24N2O4S/c1-3-4-14-23(2)21(25)16-24-19-13-9-8-10-17(19)15-20(22(24)26)29(27,28)18-11-6-5-7-12-18/h5-13,15H,3-4,14,16H2,1-2H3. The zero-order valence-electron chi connectivity index (χ0n) is 16.5. The maximum Gasteiger partial charge on any atom is 0.270 e. The summed E-state index contributed by atoms with van der Waals surface area (Å²) in [5.74, 6) is -0.236. The molecule has 0 saturated heterocycles. The average Bonchev–Trinajstić information content (AvgIpc) is 2.74. The molecular weight excluding hydrogens is 388 g/mol. The second-order valence-corrected chi connectivity index (χ2v) is 8.86. The van der Waals surface area contributed by atoms with E-state index in [2.05, 4.69) is 0 Å². The molecule has 0 aliphatic heterocycles. The number of hydrogen-bond donors (Lipinski definition) is 0. The number of likely N-dealkylation sites (N-methyl/N-ethyl adjacent to an activating group) is 1. The first-order valence-corrected chi connectivity index (χ1v) is 11.0. The second-order valence-electron chi connectivity index (χ2n) is 6.94. The van der Waals surface area contributed by atoms with Gasteiger partial charge in [-0.2, -0.15) is 0 Å². The molecule has 0 bridgehead atoms. The molecule has 1 amide bonds. The van der Waals surface area contributed by atoms with Crippen molar-refractivity contribution >= 4 is 26.6 Å². The number of unbranched alkanes of at least 4 members (excludes halogenated alkanes) is 1. The molecule has 7 heteroatoms. The van der Waals surface area contributed by atoms with E-state index in [1.54, 1.807) is 54.4 Å². The molecule has 0 radical (unpaired) electrons. The van der Waals surface area contributed by atoms with Gasteiger partial charge in [-0.15, -0.1) is 0 Å². The third-order valence-electron chi connectivity index (χ3n) is 4.88. The fraction of sp³-hybridized carbons (Fsp3) is 0.273. The summed E-state index contributed by atoms with van der Waals surface area (Å²) in [6.07, 6.45) is 1.81. The number of benzene rings is 2. The number of rotatable bonds is 7. The van der Waals surface area contributed by atoms with Crippen LogP contribution in [0.5, 0.6) is 0 Å². The van der Waals surface area contributed by atoms with Crippen LogP contribution in [0, 0.1) is 0 Å². The number of carbonyl (C=O) groups excluding carboxylic acids is 1. The molecule has 0 saturated carbocycles. The van der Waals surface area contributed by atoms with E-state index < -0.39 is 15.4 Å². The Balaban J connectivity index is 2.14. The van der Waals surface area contributed by atoms with Gasteiger partial charge in [0.2, 0.25) is 15.7 Å². The first-order valence-electron chi connectivity index (χ1n) is 9.53. The van der Waals surface area contributed by atoms with Gasteiger partial charge in [0, 0.05) is 13.6 Å². The van der Waals surface area contributed by atoms with Crippen molar-refractivity contribution in [3.8, 4) is 0 Å². The number of pyridine rings is 1. The highest BCUT2D eigenvalue weighted by Crippen LogP contribution is 2.22. The molecule has 0 N–H and O–H groups in total. The minimum atomic E-state index is -4.01. The number of sulfone groups is 1. The van der Waals surface area contributed by atoms with Gasteiger partial charge in [-0.05, 0) is 36.1 Å². The third kappa shape index (κ3) is 4.24. The maximum atomic E-state index is 13.2. The van der Waals surface area contributed by atoms with E-state index in [9.17, 15) is 18.0 Å². The van der Waals surface area contributed by atoms with Crippen molar-refractivity contribution in [1.82, 2.24) is 9.47 Å². The molecule has 3 aromatic rings. The summed E-state index contributed by atoms with van der Waals surface area (Å²) in [6, 6.07) is 16.2. The lowest BCUT2D eigenvalue weighted by Gasteiger charge is -2.19. The largest absolute Gasteiger partial charge is 0.344 e. The van der Waals surface area contributed by atoms with E-state index >= 15 is 0 Å². The van der Waals surface area contributed by atoms with Gasteiger partial charge in [0.05, 0.1) is 10.4 Å². The molecule has 0 unspecified atom stereocenters. The summed E-state index contributed by atoms with van der Waals surface area (Å²) >= 11 is 0. The van der Waals surface area contributed by atoms with Crippen molar-refractivity contribution in [3.05, 3.63) is 71.0 Å². The van der Waals surface area contributed by atoms with Gasteiger partial charge in [0.15, 0.2) is 0 Å². The first-order chi connectivity index (χ1) is 13.9. The predicted molar refractivity (Wildman–Crippen MR) is 113 cm³/mol. The molecule has 3 rings (SSSR count). The fourth-order valence-electron chi connectivity index (χ4n) is 3.15. The van der Waals surface area contributed by atoms with Gasteiger partial charge >= 0.3 is 0 Å². The van der Waals surface area contributed by atoms with Crippen molar-refractivity contribution in [1.29, 1.82) is 0 Å². The molecule has 29 heavy (non-hydrogen) atoms. The molecule has 1 aromatic heterocycles. The molecule has 2 aromatic carbocycles. The lowest BCUT2D eigenvalue weighted by atomic mass is 10.2. The number of nitrogens with zero attached hydrogens (tertiary/aromatic N) is 2. The van der Waals surface area contributed by atoms with Crippen LogP contribution in [-0.4, -0.2) is 37.4 Å². The molecule has 0 aliphatic rings. The van der Waals surface area contributed by atoms with Crippen LogP contribution in [0.4, 0.5) is 0 Å². The van der Waals surface area contributed by atoms with Gasteiger partial charge < -0.3 is 4.90 Å². The number of fused-ring (bicyclic) bond motifs is 1. The van der Waals surface area contributed by atoms with Crippen molar-refractivity contribution in [2.75, 3.05) is 13.6 Å². The maximum absolute atomic E-state index is 13.2. The lowest BCUT2D eigenvalue weighted by Crippen LogP contribution is -2.36. The number of hydrogen-bond acceptors (Lipinski definition) is 4. The van der Waals surface area contributed by atoms with Crippen molar-refractivity contribution < 1.29 is 13.2 Å². The highest BCUT2D eigenvalue weighted by molar-refractivity contribution is 7.91. The summed E-state index contributed by atoms with van der Waals surface area (Å²) in [5.41, 5.74) is -0.161. The molecule has 152 valence electrons. The molecule has 0 aliphatic carbocycles. The highest BCUT2D eigenvalue weighted by Gasteiger charge is 2.24. The van der Waals surface area contributed by atoms with Gasteiger partial charge in [0.1, 0.15) is 11.4 Å². The molecular formula is C22H24N2O4S. The highest BCUT2D eigenvalue weighted by atomic mass is 32.2. The Bertz CT molecular complexity index is 1180. The number of para-hydroxylation sites is 1. The molecule has 0 spiro atoms. The number of carbonyl (C=O) groups is 1. The van der Waals surface area contributed by atoms with Gasteiger partial charge in [0.25, 0.3) is 5.56 Å². The summed E-state index contributed by atoms with van der Waals surface area (Å²) in [7, 11) is -2.32. The number of aromatic nitrogens is 1. The average molecular weight is 413 g/mol. The van der Waals surface area contributed by atoms with Crippen LogP contribution in [-0.2, 0) is 21.2 Å². The lowest BCUT2D eigenvalue weighted by molar-refractivity contribution is -0.130. The first kappa shape index (κ1) is 20.8. The van der Waals surface area contributed by atoms with Crippen molar-refractivity contribution in [2.45, 2.75) is 36.1 Å². The Morgan fingerprint density at radius 1 is 1.03 bits per heavy atom. The van der Waals surface area contributed by atoms with Crippen molar-refractivity contribution in [3.63, 3.8) is 0 Å². The monoisotopic (exact) mass is 412 g/mol. The van der Waals surface area contributed by atoms with E-state index in [1.807, 2.05) is 6.92 Å². The summed E-state index contributed by atoms with van der Waals surface area (Å²) in [4.78, 5) is 27.1. The smallest absolute Gasteiger partial charge is 0.270 e. The van der Waals surface area contributed by atoms with Crippen LogP contribution < -0.4 is 5.56 Å². The Morgan fingerprint density at radius 2 is 1.69 bits per heavy atom. The van der Waals surface area contributed by atoms with Crippen molar-refractivity contribution in [2.24, 2.45) is 0 Å². The second kappa shape index (κ2) is 8.61. The van der Waals surface area contributed by atoms with E-state index in [4.69, 9.17) is 0 Å². The molecule has 0 fully saturated rings. The Hall–Kier alpha value is -2.93. The number of amides is 1. The minimum Gasteiger partial charge on any atom is -0.344 e. The van der Waals surface area contributed by atoms with Crippen LogP contribution in [0.1, 0.15) is 19.8 Å². The van der Waals surface area contributed by atoms with E-state index in [0.717, 1.165) is 12.8 Å². The Kier molecular flexibility index (Phi) is 6.17. The zero-order chi connectivity index (χ0) is 21.0. The Morgan fingerprint density at radius 3 is 2.38 bits per heavy atom. The summed E-state index contributed by atoms with van der Waals surface area (Å²) < 4.78 is 27.5. The van der Waals surface area contributed by atoms with Crippen LogP contribution in [0.15, 0.2) is 75.2 Å². The summed E-state index contributed by atoms with van der Waals surface area (Å²) in [6.45, 7) is 2.41. The van der Waals surface area contributed by atoms with Crippen LogP contribution in [0.3, 0.4) is 0 Å². The predicted octanol–water partition coefficient (Wildman–Crippen LogP) is 3.09. The van der Waals surface area contributed by atoms with E-state index in [1.165, 1.54) is 22.8 Å². The zero-order valence-corrected chi connectivity index (χ0v) is 17.4. The fourth-order valence-corrected chi connectivity index (χ4v) is 4.54. The van der Waals surface area contributed by atoms with Crippen LogP contribution in [0.25, 0.3) is 10.9 Å². The third-order valence-corrected chi connectivity index (χ3v) is 6.64. The van der Waals surface area contributed by atoms with Crippen LogP contribution in [0.2, 0.25) is 0 Å². The topological polar surface area (TPSA) is 76.5 Å². The minimum absolute atomic E-state index is 0.0466. The quantitative estimate of drug-likeness (QED) is 0.598. The van der Waals surface area contributed by atoms with Crippen LogP contribution >= 0.6 is 0 Å². The SMILES string of the molecule is CCCCN(C)C(=O)Cn1c(=O)c(S(=O)(=O)c2ccccc2)cc2ccccc21. The molecule has 1 heterocycles. The van der Waals surface area contributed by atoms with Gasteiger partial charge in [-0.3, -0.25) is 14.2 Å². The molecule has 6 nitrogen and oxygen atoms in total. The van der Waals surface area contributed by atoms with Gasteiger partial charge in [-0.1, -0.05) is 49.7 Å².